The quantitative estimate of drug-likeness (QED) is 0.728. The number of likely N-dealkylation sites (N-methyl/N-ethyl adjacent to an activating group) is 2. The zero-order valence-corrected chi connectivity index (χ0v) is 20.1. The fraction of sp³-hybridized carbons (Fsp3) is 0.462. The highest BCUT2D eigenvalue weighted by atomic mass is 16.7. The largest absolute Gasteiger partial charge is 0.465 e. The summed E-state index contributed by atoms with van der Waals surface area (Å²) in [4.78, 5) is 37.4. The minimum Gasteiger partial charge on any atom is -0.465 e. The fourth-order valence-electron chi connectivity index (χ4n) is 6.15. The minimum absolute atomic E-state index is 0.0865. The van der Waals surface area contributed by atoms with Crippen molar-refractivity contribution in [3.8, 4) is 0 Å². The van der Waals surface area contributed by atoms with Gasteiger partial charge < -0.3 is 10.0 Å². The lowest BCUT2D eigenvalue weighted by Gasteiger charge is -2.32. The van der Waals surface area contributed by atoms with Crippen LogP contribution in [0.5, 0.6) is 0 Å². The van der Waals surface area contributed by atoms with Crippen LogP contribution in [-0.4, -0.2) is 66.0 Å². The molecule has 3 heterocycles. The van der Waals surface area contributed by atoms with Gasteiger partial charge in [0, 0.05) is 36.8 Å². The SMILES string of the molecule is C[C@H]1C[C@@H](N(C(=O)O)c2ccc3c(c2)[C@]2(C)CCN(C)C2N3C)C(=O)N1OCc1ccccc1. The summed E-state index contributed by atoms with van der Waals surface area (Å²) < 4.78 is 0. The second-order valence-electron chi connectivity index (χ2n) is 10.0. The summed E-state index contributed by atoms with van der Waals surface area (Å²) >= 11 is 0. The van der Waals surface area contributed by atoms with E-state index in [0.29, 0.717) is 12.1 Å². The van der Waals surface area contributed by atoms with Crippen LogP contribution in [0, 0.1) is 0 Å². The Bertz CT molecular complexity index is 1110. The van der Waals surface area contributed by atoms with Gasteiger partial charge in [0.2, 0.25) is 0 Å². The molecular formula is C26H32N4O4. The number of benzene rings is 2. The molecule has 34 heavy (non-hydrogen) atoms. The molecule has 0 aliphatic carbocycles. The maximum atomic E-state index is 13.3. The molecular weight excluding hydrogens is 432 g/mol. The van der Waals surface area contributed by atoms with Gasteiger partial charge in [-0.1, -0.05) is 37.3 Å². The Hall–Kier alpha value is -3.10. The lowest BCUT2D eigenvalue weighted by Crippen LogP contribution is -2.45. The first-order valence-electron chi connectivity index (χ1n) is 11.8. The van der Waals surface area contributed by atoms with E-state index in [2.05, 4.69) is 30.8 Å². The second-order valence-corrected chi connectivity index (χ2v) is 10.0. The molecule has 0 bridgehead atoms. The van der Waals surface area contributed by atoms with Crippen molar-refractivity contribution in [2.45, 2.75) is 57.0 Å². The predicted octanol–water partition coefficient (Wildman–Crippen LogP) is 3.66. The Kier molecular flexibility index (Phi) is 5.53. The molecule has 5 rings (SSSR count). The lowest BCUT2D eigenvalue weighted by molar-refractivity contribution is -0.193. The van der Waals surface area contributed by atoms with Crippen molar-refractivity contribution in [3.63, 3.8) is 0 Å². The van der Waals surface area contributed by atoms with Gasteiger partial charge in [-0.05, 0) is 49.7 Å². The molecule has 0 spiro atoms. The molecule has 4 atom stereocenters. The number of carboxylic acid groups (broad SMARTS) is 1. The predicted molar refractivity (Wildman–Crippen MR) is 130 cm³/mol. The molecule has 1 N–H and O–H groups in total. The van der Waals surface area contributed by atoms with Crippen LogP contribution in [0.1, 0.15) is 37.8 Å². The Balaban J connectivity index is 1.42. The first-order valence-corrected chi connectivity index (χ1v) is 11.8. The Morgan fingerprint density at radius 2 is 1.94 bits per heavy atom. The third kappa shape index (κ3) is 3.44. The monoisotopic (exact) mass is 464 g/mol. The van der Waals surface area contributed by atoms with Crippen LogP contribution in [0.3, 0.4) is 0 Å². The number of nitrogens with zero attached hydrogens (tertiary/aromatic N) is 4. The van der Waals surface area contributed by atoms with Crippen molar-refractivity contribution in [2.24, 2.45) is 0 Å². The van der Waals surface area contributed by atoms with E-state index < -0.39 is 12.1 Å². The van der Waals surface area contributed by atoms with Crippen molar-refractivity contribution in [1.29, 1.82) is 0 Å². The maximum Gasteiger partial charge on any atom is 0.412 e. The van der Waals surface area contributed by atoms with Gasteiger partial charge in [-0.25, -0.2) is 9.86 Å². The maximum absolute atomic E-state index is 13.3. The topological polar surface area (TPSA) is 76.6 Å². The van der Waals surface area contributed by atoms with Gasteiger partial charge in [-0.3, -0.25) is 19.4 Å². The third-order valence-corrected chi connectivity index (χ3v) is 7.79. The minimum atomic E-state index is -1.13. The van der Waals surface area contributed by atoms with Gasteiger partial charge in [0.1, 0.15) is 12.6 Å². The summed E-state index contributed by atoms with van der Waals surface area (Å²) in [6, 6.07) is 14.4. The van der Waals surface area contributed by atoms with E-state index in [4.69, 9.17) is 4.84 Å². The number of carbonyl (C=O) groups excluding carboxylic acids is 1. The van der Waals surface area contributed by atoms with Crippen molar-refractivity contribution in [3.05, 3.63) is 59.7 Å². The lowest BCUT2D eigenvalue weighted by atomic mass is 9.81. The molecule has 2 aromatic carbocycles. The number of amides is 2. The molecule has 2 saturated heterocycles. The summed E-state index contributed by atoms with van der Waals surface area (Å²) in [6.45, 7) is 5.39. The van der Waals surface area contributed by atoms with Gasteiger partial charge in [0.25, 0.3) is 5.91 Å². The van der Waals surface area contributed by atoms with Crippen LogP contribution in [0.2, 0.25) is 0 Å². The number of fused-ring (bicyclic) bond motifs is 3. The van der Waals surface area contributed by atoms with Gasteiger partial charge in [0.05, 0.1) is 12.2 Å². The van der Waals surface area contributed by atoms with Gasteiger partial charge in [0.15, 0.2) is 0 Å². The number of hydrogen-bond donors (Lipinski definition) is 1. The molecule has 180 valence electrons. The summed E-state index contributed by atoms with van der Waals surface area (Å²) in [5, 5.41) is 11.5. The van der Waals surface area contributed by atoms with E-state index >= 15 is 0 Å². The zero-order chi connectivity index (χ0) is 24.2. The fourth-order valence-corrected chi connectivity index (χ4v) is 6.15. The summed E-state index contributed by atoms with van der Waals surface area (Å²) in [5.41, 5.74) is 3.66. The van der Waals surface area contributed by atoms with Crippen molar-refractivity contribution in [1.82, 2.24) is 9.96 Å². The van der Waals surface area contributed by atoms with E-state index in [9.17, 15) is 14.7 Å². The molecule has 0 aromatic heterocycles. The van der Waals surface area contributed by atoms with Crippen LogP contribution in [0.4, 0.5) is 16.2 Å². The van der Waals surface area contributed by atoms with E-state index in [1.165, 1.54) is 9.96 Å². The smallest absolute Gasteiger partial charge is 0.412 e. The molecule has 2 aromatic rings. The number of likely N-dealkylation sites (tertiary alicyclic amines) is 1. The first kappa shape index (κ1) is 22.7. The molecule has 2 amide bonds. The van der Waals surface area contributed by atoms with Crippen LogP contribution in [0.25, 0.3) is 0 Å². The van der Waals surface area contributed by atoms with Crippen molar-refractivity contribution >= 4 is 23.4 Å². The Morgan fingerprint density at radius 1 is 1.21 bits per heavy atom. The van der Waals surface area contributed by atoms with Crippen molar-refractivity contribution in [2.75, 3.05) is 30.4 Å². The second kappa shape index (κ2) is 8.29. The highest BCUT2D eigenvalue weighted by Crippen LogP contribution is 2.52. The molecule has 8 nitrogen and oxygen atoms in total. The van der Waals surface area contributed by atoms with E-state index in [1.807, 2.05) is 55.5 Å². The molecule has 3 aliphatic rings. The normalized spacial score (nSPS) is 28.4. The number of rotatable bonds is 5. The molecule has 0 saturated carbocycles. The molecule has 8 heteroatoms. The van der Waals surface area contributed by atoms with E-state index in [0.717, 1.165) is 29.8 Å². The molecule has 0 radical (unpaired) electrons. The highest BCUT2D eigenvalue weighted by Gasteiger charge is 2.52. The van der Waals surface area contributed by atoms with Gasteiger partial charge in [-0.2, -0.15) is 0 Å². The Labute approximate surface area is 200 Å². The number of hydrogen-bond acceptors (Lipinski definition) is 5. The van der Waals surface area contributed by atoms with Crippen LogP contribution in [-0.2, 0) is 21.7 Å². The van der Waals surface area contributed by atoms with Crippen molar-refractivity contribution < 1.29 is 19.5 Å². The molecule has 2 fully saturated rings. The van der Waals surface area contributed by atoms with Gasteiger partial charge in [-0.15, -0.1) is 0 Å². The zero-order valence-electron chi connectivity index (χ0n) is 20.1. The van der Waals surface area contributed by atoms with E-state index in [1.54, 1.807) is 0 Å². The van der Waals surface area contributed by atoms with E-state index in [-0.39, 0.29) is 30.1 Å². The summed E-state index contributed by atoms with van der Waals surface area (Å²) in [5.74, 6) is -0.326. The number of anilines is 2. The summed E-state index contributed by atoms with van der Waals surface area (Å²) in [7, 11) is 4.22. The average Bonchev–Trinajstić information content (AvgIpc) is 3.35. The Morgan fingerprint density at radius 3 is 2.65 bits per heavy atom. The highest BCUT2D eigenvalue weighted by molar-refractivity contribution is 5.98. The molecule has 1 unspecified atom stereocenters. The number of hydroxylamine groups is 2. The standard InChI is InChI=1S/C26H32N4O4/c1-17-14-22(23(31)30(17)34-16-18-8-6-5-7-9-18)29(25(32)33)19-10-11-21-20(15-19)26(2)12-13-27(3)24(26)28(21)4/h5-11,15,17,22,24H,12-14,16H2,1-4H3,(H,32,33)/t17-,22+,24?,26-/m0/s1. The summed E-state index contributed by atoms with van der Waals surface area (Å²) in [6.07, 6.45) is 0.486. The van der Waals surface area contributed by atoms with Crippen LogP contribution < -0.4 is 9.80 Å². The van der Waals surface area contributed by atoms with Gasteiger partial charge >= 0.3 is 6.09 Å². The molecule has 3 aliphatic heterocycles. The third-order valence-electron chi connectivity index (χ3n) is 7.79. The van der Waals surface area contributed by atoms with Crippen LogP contribution in [0.15, 0.2) is 48.5 Å². The first-order chi connectivity index (χ1) is 16.2. The number of carbonyl (C=O) groups is 2. The van der Waals surface area contributed by atoms with Crippen LogP contribution >= 0.6 is 0 Å². The average molecular weight is 465 g/mol.